The number of aryl methyl sites for hydroxylation is 2. The Balaban J connectivity index is 1.54. The summed E-state index contributed by atoms with van der Waals surface area (Å²) in [7, 11) is 1.65. The molecule has 4 rings (SSSR count). The topological polar surface area (TPSA) is 70.9 Å². The summed E-state index contributed by atoms with van der Waals surface area (Å²) in [5.74, 6) is 3.15. The van der Waals surface area contributed by atoms with E-state index >= 15 is 0 Å². The van der Waals surface area contributed by atoms with Gasteiger partial charge in [-0.3, -0.25) is 0 Å². The Morgan fingerprint density at radius 3 is 2.48 bits per heavy atom. The van der Waals surface area contributed by atoms with Crippen molar-refractivity contribution >= 4 is 0 Å². The second kappa shape index (κ2) is 6.64. The molecule has 0 aliphatic rings. The van der Waals surface area contributed by atoms with Crippen LogP contribution in [0.25, 0.3) is 22.9 Å². The molecule has 0 aliphatic carbocycles. The molecule has 1 aromatic carbocycles. The van der Waals surface area contributed by atoms with Gasteiger partial charge in [-0.15, -0.1) is 10.2 Å². The normalized spacial score (nSPS) is 10.9. The van der Waals surface area contributed by atoms with Gasteiger partial charge in [0.2, 0.25) is 0 Å². The highest BCUT2D eigenvalue weighted by Gasteiger charge is 2.12. The standard InChI is InChI=1S/C18H17N5O2/c1-24-15-4-2-14(3-5-15)16-6-7-17(25-16)18-19-8-9-23(18)11-10-22-12-20-21-13-22/h2-9,12-13H,10-11H2,1H3. The monoisotopic (exact) mass is 335 g/mol. The fourth-order valence-electron chi connectivity index (χ4n) is 2.64. The van der Waals surface area contributed by atoms with Crippen LogP contribution in [-0.4, -0.2) is 31.4 Å². The molecule has 0 atom stereocenters. The van der Waals surface area contributed by atoms with Crippen LogP contribution >= 0.6 is 0 Å². The zero-order chi connectivity index (χ0) is 17.1. The molecule has 0 N–H and O–H groups in total. The van der Waals surface area contributed by atoms with E-state index in [0.717, 1.165) is 41.7 Å². The van der Waals surface area contributed by atoms with Crippen LogP contribution in [-0.2, 0) is 13.1 Å². The number of hydrogen-bond donors (Lipinski definition) is 0. The minimum absolute atomic E-state index is 0.736. The van der Waals surface area contributed by atoms with Crippen molar-refractivity contribution in [1.82, 2.24) is 24.3 Å². The Hall–Kier alpha value is -3.35. The van der Waals surface area contributed by atoms with Crippen molar-refractivity contribution in [1.29, 1.82) is 0 Å². The van der Waals surface area contributed by atoms with Crippen LogP contribution < -0.4 is 4.74 Å². The molecule has 0 fully saturated rings. The average molecular weight is 335 g/mol. The molecule has 0 saturated heterocycles. The van der Waals surface area contributed by atoms with Crippen LogP contribution in [0.15, 0.2) is 65.9 Å². The van der Waals surface area contributed by atoms with Crippen molar-refractivity contribution in [2.24, 2.45) is 0 Å². The van der Waals surface area contributed by atoms with Crippen LogP contribution in [0.3, 0.4) is 0 Å². The van der Waals surface area contributed by atoms with Crippen molar-refractivity contribution in [3.63, 3.8) is 0 Å². The summed E-state index contributed by atoms with van der Waals surface area (Å²) in [6.45, 7) is 1.52. The van der Waals surface area contributed by atoms with E-state index in [1.54, 1.807) is 26.0 Å². The van der Waals surface area contributed by atoms with E-state index in [9.17, 15) is 0 Å². The van der Waals surface area contributed by atoms with Crippen molar-refractivity contribution in [3.05, 3.63) is 61.4 Å². The summed E-state index contributed by atoms with van der Waals surface area (Å²) in [6, 6.07) is 11.7. The molecule has 0 radical (unpaired) electrons. The second-order valence-electron chi connectivity index (χ2n) is 5.54. The average Bonchev–Trinajstić information content (AvgIpc) is 3.40. The minimum atomic E-state index is 0.736. The first-order chi connectivity index (χ1) is 12.3. The number of aromatic nitrogens is 5. The molecule has 0 spiro atoms. The van der Waals surface area contributed by atoms with Crippen molar-refractivity contribution in [3.8, 4) is 28.7 Å². The van der Waals surface area contributed by atoms with E-state index in [0.29, 0.717) is 0 Å². The van der Waals surface area contributed by atoms with E-state index in [1.165, 1.54) is 0 Å². The van der Waals surface area contributed by atoms with E-state index in [2.05, 4.69) is 19.7 Å². The van der Waals surface area contributed by atoms with Gasteiger partial charge in [-0.05, 0) is 36.4 Å². The van der Waals surface area contributed by atoms with Crippen LogP contribution in [0.5, 0.6) is 5.75 Å². The van der Waals surface area contributed by atoms with Crippen molar-refractivity contribution in [2.45, 2.75) is 13.1 Å². The molecular weight excluding hydrogens is 318 g/mol. The summed E-state index contributed by atoms with van der Waals surface area (Å²) < 4.78 is 15.2. The maximum Gasteiger partial charge on any atom is 0.176 e. The fourth-order valence-corrected chi connectivity index (χ4v) is 2.64. The second-order valence-corrected chi connectivity index (χ2v) is 5.54. The summed E-state index contributed by atoms with van der Waals surface area (Å²) in [5, 5.41) is 7.63. The molecule has 3 heterocycles. The van der Waals surface area contributed by atoms with E-state index < -0.39 is 0 Å². The Morgan fingerprint density at radius 2 is 1.72 bits per heavy atom. The molecular formula is C18H17N5O2. The lowest BCUT2D eigenvalue weighted by Gasteiger charge is -2.06. The highest BCUT2D eigenvalue weighted by molar-refractivity contribution is 5.62. The fraction of sp³-hybridized carbons (Fsp3) is 0.167. The molecule has 0 aliphatic heterocycles. The summed E-state index contributed by atoms with van der Waals surface area (Å²) >= 11 is 0. The van der Waals surface area contributed by atoms with Crippen LogP contribution in [0.4, 0.5) is 0 Å². The Bertz CT molecular complexity index is 938. The Morgan fingerprint density at radius 1 is 0.960 bits per heavy atom. The van der Waals surface area contributed by atoms with Crippen LogP contribution in [0.1, 0.15) is 0 Å². The molecule has 0 amide bonds. The first-order valence-corrected chi connectivity index (χ1v) is 7.91. The summed E-state index contributed by atoms with van der Waals surface area (Å²) in [4.78, 5) is 4.43. The number of nitrogens with zero attached hydrogens (tertiary/aromatic N) is 5. The summed E-state index contributed by atoms with van der Waals surface area (Å²) in [6.07, 6.45) is 7.11. The lowest BCUT2D eigenvalue weighted by Crippen LogP contribution is -2.06. The van der Waals surface area contributed by atoms with E-state index in [1.807, 2.05) is 47.2 Å². The molecule has 7 nitrogen and oxygen atoms in total. The van der Waals surface area contributed by atoms with E-state index in [4.69, 9.17) is 9.15 Å². The van der Waals surface area contributed by atoms with Gasteiger partial charge in [0.25, 0.3) is 0 Å². The Labute approximate surface area is 144 Å². The summed E-state index contributed by atoms with van der Waals surface area (Å²) in [5.41, 5.74) is 0.995. The zero-order valence-corrected chi connectivity index (χ0v) is 13.7. The third kappa shape index (κ3) is 3.16. The molecule has 0 bridgehead atoms. The first-order valence-electron chi connectivity index (χ1n) is 7.91. The van der Waals surface area contributed by atoms with Gasteiger partial charge in [0.1, 0.15) is 24.2 Å². The SMILES string of the molecule is COc1ccc(-c2ccc(-c3nccn3CCn3cnnc3)o2)cc1. The van der Waals surface area contributed by atoms with Gasteiger partial charge in [0.15, 0.2) is 11.6 Å². The largest absolute Gasteiger partial charge is 0.497 e. The lowest BCUT2D eigenvalue weighted by molar-refractivity contribution is 0.415. The maximum atomic E-state index is 6.01. The van der Waals surface area contributed by atoms with Crippen molar-refractivity contribution < 1.29 is 9.15 Å². The third-order valence-corrected chi connectivity index (χ3v) is 3.98. The van der Waals surface area contributed by atoms with Crippen molar-refractivity contribution in [2.75, 3.05) is 7.11 Å². The lowest BCUT2D eigenvalue weighted by atomic mass is 10.2. The predicted octanol–water partition coefficient (Wildman–Crippen LogP) is 3.11. The molecule has 7 heteroatoms. The number of rotatable bonds is 6. The number of hydrogen-bond acceptors (Lipinski definition) is 5. The molecule has 126 valence electrons. The minimum Gasteiger partial charge on any atom is -0.497 e. The number of furan rings is 1. The molecule has 25 heavy (non-hydrogen) atoms. The number of methoxy groups -OCH3 is 1. The van der Waals surface area contributed by atoms with Crippen LogP contribution in [0.2, 0.25) is 0 Å². The highest BCUT2D eigenvalue weighted by Crippen LogP contribution is 2.28. The first kappa shape index (κ1) is 15.2. The van der Waals surface area contributed by atoms with Gasteiger partial charge in [0.05, 0.1) is 7.11 Å². The van der Waals surface area contributed by atoms with Gasteiger partial charge >= 0.3 is 0 Å². The van der Waals surface area contributed by atoms with E-state index in [-0.39, 0.29) is 0 Å². The Kier molecular flexibility index (Phi) is 4.04. The number of benzene rings is 1. The smallest absolute Gasteiger partial charge is 0.176 e. The highest BCUT2D eigenvalue weighted by atomic mass is 16.5. The quantitative estimate of drug-likeness (QED) is 0.541. The van der Waals surface area contributed by atoms with Gasteiger partial charge in [-0.25, -0.2) is 4.98 Å². The third-order valence-electron chi connectivity index (χ3n) is 3.98. The molecule has 4 aromatic rings. The molecule has 0 saturated carbocycles. The molecule has 0 unspecified atom stereocenters. The zero-order valence-electron chi connectivity index (χ0n) is 13.7. The van der Waals surface area contributed by atoms with Gasteiger partial charge in [0, 0.05) is 31.0 Å². The van der Waals surface area contributed by atoms with Crippen LogP contribution in [0, 0.1) is 0 Å². The maximum absolute atomic E-state index is 6.01. The van der Waals surface area contributed by atoms with Gasteiger partial charge < -0.3 is 18.3 Å². The van der Waals surface area contributed by atoms with Gasteiger partial charge in [-0.2, -0.15) is 0 Å². The molecule has 3 aromatic heterocycles. The number of ether oxygens (including phenoxy) is 1. The predicted molar refractivity (Wildman–Crippen MR) is 91.9 cm³/mol. The van der Waals surface area contributed by atoms with Gasteiger partial charge in [-0.1, -0.05) is 0 Å². The number of imidazole rings is 1.